The largest absolute Gasteiger partial charge is 0.334 e. The Hall–Kier alpha value is -2.62. The van der Waals surface area contributed by atoms with Crippen molar-refractivity contribution in [2.75, 3.05) is 5.32 Å². The van der Waals surface area contributed by atoms with Gasteiger partial charge in [0.05, 0.1) is 11.0 Å². The van der Waals surface area contributed by atoms with Gasteiger partial charge in [-0.25, -0.2) is 0 Å². The van der Waals surface area contributed by atoms with E-state index in [1.54, 1.807) is 6.20 Å². The van der Waals surface area contributed by atoms with Crippen LogP contribution in [0.15, 0.2) is 42.7 Å². The summed E-state index contributed by atoms with van der Waals surface area (Å²) in [5.41, 5.74) is 6.06. The van der Waals surface area contributed by atoms with Gasteiger partial charge in [-0.3, -0.25) is 9.78 Å². The van der Waals surface area contributed by atoms with Crippen LogP contribution in [0.2, 0.25) is 0 Å². The standard InChI is InChI=1S/C19H21N3O/c1-12-7-8-13(2)16(10-12)21-19(23)15(4)22-11-14(3)18-17(22)6-5-9-20-18/h5-11,15H,1-4H3,(H,21,23). The highest BCUT2D eigenvalue weighted by Gasteiger charge is 2.19. The minimum atomic E-state index is -0.310. The summed E-state index contributed by atoms with van der Waals surface area (Å²) >= 11 is 0. The summed E-state index contributed by atoms with van der Waals surface area (Å²) in [5, 5.41) is 3.04. The molecule has 118 valence electrons. The van der Waals surface area contributed by atoms with E-state index in [-0.39, 0.29) is 11.9 Å². The monoisotopic (exact) mass is 307 g/mol. The number of fused-ring (bicyclic) bond motifs is 1. The number of amides is 1. The van der Waals surface area contributed by atoms with Crippen LogP contribution in [-0.4, -0.2) is 15.5 Å². The molecule has 3 aromatic rings. The topological polar surface area (TPSA) is 46.9 Å². The molecule has 4 nitrogen and oxygen atoms in total. The van der Waals surface area contributed by atoms with E-state index in [4.69, 9.17) is 0 Å². The minimum absolute atomic E-state index is 0.0283. The maximum absolute atomic E-state index is 12.7. The molecule has 0 fully saturated rings. The molecule has 0 aliphatic carbocycles. The summed E-state index contributed by atoms with van der Waals surface area (Å²) in [6.45, 7) is 7.94. The van der Waals surface area contributed by atoms with Gasteiger partial charge in [0, 0.05) is 18.1 Å². The van der Waals surface area contributed by atoms with Crippen LogP contribution in [0, 0.1) is 20.8 Å². The zero-order valence-corrected chi connectivity index (χ0v) is 13.9. The maximum Gasteiger partial charge on any atom is 0.247 e. The third kappa shape index (κ3) is 2.84. The lowest BCUT2D eigenvalue weighted by Crippen LogP contribution is -2.23. The first-order chi connectivity index (χ1) is 11.0. The molecule has 0 spiro atoms. The van der Waals surface area contributed by atoms with Crippen LogP contribution >= 0.6 is 0 Å². The van der Waals surface area contributed by atoms with Crippen LogP contribution in [0.25, 0.3) is 11.0 Å². The van der Waals surface area contributed by atoms with Crippen molar-refractivity contribution >= 4 is 22.6 Å². The molecule has 0 saturated carbocycles. The van der Waals surface area contributed by atoms with Crippen LogP contribution in [0.4, 0.5) is 5.69 Å². The number of hydrogen-bond acceptors (Lipinski definition) is 2. The Kier molecular flexibility index (Phi) is 3.90. The summed E-state index contributed by atoms with van der Waals surface area (Å²) in [4.78, 5) is 17.1. The van der Waals surface area contributed by atoms with E-state index in [1.165, 1.54) is 0 Å². The zero-order chi connectivity index (χ0) is 16.6. The van der Waals surface area contributed by atoms with E-state index < -0.39 is 0 Å². The number of nitrogens with zero attached hydrogens (tertiary/aromatic N) is 2. The molecule has 1 aromatic carbocycles. The van der Waals surface area contributed by atoms with Gasteiger partial charge in [-0.15, -0.1) is 0 Å². The van der Waals surface area contributed by atoms with E-state index >= 15 is 0 Å². The normalized spacial score (nSPS) is 12.3. The molecule has 0 saturated heterocycles. The van der Waals surface area contributed by atoms with Crippen molar-refractivity contribution in [2.24, 2.45) is 0 Å². The first-order valence-corrected chi connectivity index (χ1v) is 7.77. The van der Waals surface area contributed by atoms with Crippen molar-refractivity contribution in [1.82, 2.24) is 9.55 Å². The van der Waals surface area contributed by atoms with Crippen LogP contribution in [0.3, 0.4) is 0 Å². The first-order valence-electron chi connectivity index (χ1n) is 7.77. The Bertz CT molecular complexity index is 879. The van der Waals surface area contributed by atoms with Gasteiger partial charge >= 0.3 is 0 Å². The molecule has 0 bridgehead atoms. The molecule has 1 unspecified atom stereocenters. The Morgan fingerprint density at radius 1 is 1.17 bits per heavy atom. The second kappa shape index (κ2) is 5.88. The van der Waals surface area contributed by atoms with Crippen molar-refractivity contribution in [2.45, 2.75) is 33.7 Å². The van der Waals surface area contributed by atoms with Crippen molar-refractivity contribution < 1.29 is 4.79 Å². The zero-order valence-electron chi connectivity index (χ0n) is 13.9. The highest BCUT2D eigenvalue weighted by Crippen LogP contribution is 2.24. The molecule has 4 heteroatoms. The Morgan fingerprint density at radius 3 is 2.74 bits per heavy atom. The van der Waals surface area contributed by atoms with Gasteiger partial charge in [-0.2, -0.15) is 0 Å². The summed E-state index contributed by atoms with van der Waals surface area (Å²) in [6, 6.07) is 9.65. The fraction of sp³-hybridized carbons (Fsp3) is 0.263. The third-order valence-electron chi connectivity index (χ3n) is 4.22. The smallest absolute Gasteiger partial charge is 0.247 e. The number of pyridine rings is 1. The molecule has 0 radical (unpaired) electrons. The number of hydrogen-bond donors (Lipinski definition) is 1. The summed E-state index contributed by atoms with van der Waals surface area (Å²) in [6.07, 6.45) is 3.77. The van der Waals surface area contributed by atoms with E-state index in [0.717, 1.165) is 33.4 Å². The number of aryl methyl sites for hydroxylation is 3. The predicted molar refractivity (Wildman–Crippen MR) is 93.7 cm³/mol. The number of anilines is 1. The fourth-order valence-corrected chi connectivity index (χ4v) is 2.80. The van der Waals surface area contributed by atoms with Crippen molar-refractivity contribution in [3.05, 3.63) is 59.4 Å². The van der Waals surface area contributed by atoms with Crippen molar-refractivity contribution in [1.29, 1.82) is 0 Å². The average Bonchev–Trinajstić information content (AvgIpc) is 2.87. The molecular formula is C19H21N3O. The lowest BCUT2D eigenvalue weighted by Gasteiger charge is -2.16. The van der Waals surface area contributed by atoms with E-state index in [2.05, 4.69) is 10.3 Å². The number of aromatic nitrogens is 2. The lowest BCUT2D eigenvalue weighted by molar-refractivity contribution is -0.118. The number of benzene rings is 1. The number of rotatable bonds is 3. The molecule has 3 rings (SSSR count). The van der Waals surface area contributed by atoms with Gasteiger partial charge in [-0.05, 0) is 62.6 Å². The lowest BCUT2D eigenvalue weighted by atomic mass is 10.1. The quantitative estimate of drug-likeness (QED) is 0.789. The molecule has 2 aromatic heterocycles. The van der Waals surface area contributed by atoms with E-state index in [0.29, 0.717) is 0 Å². The second-order valence-corrected chi connectivity index (χ2v) is 6.07. The van der Waals surface area contributed by atoms with Crippen LogP contribution in [-0.2, 0) is 4.79 Å². The molecule has 2 heterocycles. The molecule has 23 heavy (non-hydrogen) atoms. The molecule has 1 atom stereocenters. The molecule has 1 amide bonds. The molecule has 0 aliphatic heterocycles. The highest BCUT2D eigenvalue weighted by atomic mass is 16.2. The third-order valence-corrected chi connectivity index (χ3v) is 4.22. The van der Waals surface area contributed by atoms with Crippen LogP contribution in [0.1, 0.15) is 29.7 Å². The summed E-state index contributed by atoms with van der Waals surface area (Å²) < 4.78 is 1.98. The van der Waals surface area contributed by atoms with Crippen LogP contribution < -0.4 is 5.32 Å². The minimum Gasteiger partial charge on any atom is -0.334 e. The van der Waals surface area contributed by atoms with Gasteiger partial charge in [-0.1, -0.05) is 12.1 Å². The number of carbonyl (C=O) groups is 1. The Morgan fingerprint density at radius 2 is 1.96 bits per heavy atom. The SMILES string of the molecule is Cc1ccc(C)c(NC(=O)C(C)n2cc(C)c3ncccc32)c1. The first kappa shape index (κ1) is 15.3. The Labute approximate surface area is 136 Å². The van der Waals surface area contributed by atoms with Gasteiger partial charge in [0.1, 0.15) is 6.04 Å². The van der Waals surface area contributed by atoms with E-state index in [1.807, 2.05) is 68.8 Å². The molecular weight excluding hydrogens is 286 g/mol. The van der Waals surface area contributed by atoms with Gasteiger partial charge < -0.3 is 9.88 Å². The van der Waals surface area contributed by atoms with Crippen molar-refractivity contribution in [3.8, 4) is 0 Å². The van der Waals surface area contributed by atoms with E-state index in [9.17, 15) is 4.79 Å². The fourth-order valence-electron chi connectivity index (χ4n) is 2.80. The second-order valence-electron chi connectivity index (χ2n) is 6.07. The Balaban J connectivity index is 1.91. The van der Waals surface area contributed by atoms with Gasteiger partial charge in [0.25, 0.3) is 0 Å². The highest BCUT2D eigenvalue weighted by molar-refractivity contribution is 5.95. The predicted octanol–water partition coefficient (Wildman–Crippen LogP) is 4.16. The summed E-state index contributed by atoms with van der Waals surface area (Å²) in [7, 11) is 0. The number of carbonyl (C=O) groups excluding carboxylic acids is 1. The average molecular weight is 307 g/mol. The van der Waals surface area contributed by atoms with Crippen molar-refractivity contribution in [3.63, 3.8) is 0 Å². The summed E-state index contributed by atoms with van der Waals surface area (Å²) in [5.74, 6) is -0.0283. The maximum atomic E-state index is 12.7. The molecule has 1 N–H and O–H groups in total. The van der Waals surface area contributed by atoms with Gasteiger partial charge in [0.2, 0.25) is 5.91 Å². The van der Waals surface area contributed by atoms with Crippen LogP contribution in [0.5, 0.6) is 0 Å². The number of nitrogens with one attached hydrogen (secondary N) is 1. The molecule has 0 aliphatic rings. The van der Waals surface area contributed by atoms with Gasteiger partial charge in [0.15, 0.2) is 0 Å².